The number of nitrogens with zero attached hydrogens (tertiary/aromatic N) is 1. The Bertz CT molecular complexity index is 1390. The number of aromatic amines is 1. The van der Waals surface area contributed by atoms with Crippen molar-refractivity contribution >= 4 is 26.5 Å². The number of alkyl halides is 1. The second-order valence-electron chi connectivity index (χ2n) is 9.68. The van der Waals surface area contributed by atoms with Gasteiger partial charge in [-0.05, 0) is 68.9 Å². The van der Waals surface area contributed by atoms with Crippen molar-refractivity contribution in [2.75, 3.05) is 11.9 Å². The molecule has 0 spiro atoms. The van der Waals surface area contributed by atoms with Gasteiger partial charge in [-0.3, -0.25) is 9.78 Å². The summed E-state index contributed by atoms with van der Waals surface area (Å²) in [6, 6.07) is 7.08. The molecule has 1 saturated carbocycles. The second-order valence-corrected chi connectivity index (χ2v) is 11.4. The highest BCUT2D eigenvalue weighted by molar-refractivity contribution is 7.89. The molecule has 0 aliphatic heterocycles. The van der Waals surface area contributed by atoms with Gasteiger partial charge in [-0.25, -0.2) is 17.5 Å². The molecule has 2 aliphatic carbocycles. The van der Waals surface area contributed by atoms with Crippen molar-refractivity contribution in [1.82, 2.24) is 14.7 Å². The van der Waals surface area contributed by atoms with Crippen LogP contribution in [0.1, 0.15) is 49.4 Å². The fourth-order valence-electron chi connectivity index (χ4n) is 4.49. The lowest BCUT2D eigenvalue weighted by atomic mass is 10.0. The number of anilines is 1. The molecule has 1 atom stereocenters. The molecule has 0 bridgehead atoms. The third kappa shape index (κ3) is 4.65. The summed E-state index contributed by atoms with van der Waals surface area (Å²) in [6.07, 6.45) is 6.53. The summed E-state index contributed by atoms with van der Waals surface area (Å²) in [4.78, 5) is 19.0. The number of sulfonamides is 1. The van der Waals surface area contributed by atoms with E-state index in [1.54, 1.807) is 18.5 Å². The summed E-state index contributed by atoms with van der Waals surface area (Å²) < 4.78 is 43.6. The minimum Gasteiger partial charge on any atom is -0.381 e. The second kappa shape index (κ2) is 7.92. The molecular formula is C24H27FN4O3S. The van der Waals surface area contributed by atoms with E-state index in [1.165, 1.54) is 19.9 Å². The molecule has 2 heterocycles. The summed E-state index contributed by atoms with van der Waals surface area (Å²) in [5, 5.41) is 4.74. The lowest BCUT2D eigenvalue weighted by molar-refractivity contribution is 0.221. The van der Waals surface area contributed by atoms with E-state index in [9.17, 15) is 17.6 Å². The first kappa shape index (κ1) is 22.0. The van der Waals surface area contributed by atoms with Crippen molar-refractivity contribution in [3.05, 3.63) is 63.8 Å². The van der Waals surface area contributed by atoms with Crippen LogP contribution in [0, 0.1) is 0 Å². The maximum absolute atomic E-state index is 14.2. The van der Waals surface area contributed by atoms with Gasteiger partial charge in [-0.2, -0.15) is 0 Å². The number of halogens is 1. The number of nitrogens with one attached hydrogen (secondary N) is 3. The zero-order chi connectivity index (χ0) is 23.4. The van der Waals surface area contributed by atoms with Crippen LogP contribution in [-0.4, -0.2) is 36.6 Å². The summed E-state index contributed by atoms with van der Waals surface area (Å²) >= 11 is 0. The number of H-pyrrole nitrogens is 1. The van der Waals surface area contributed by atoms with Crippen LogP contribution in [0.15, 0.2) is 46.3 Å². The first-order chi connectivity index (χ1) is 15.6. The first-order valence-corrected chi connectivity index (χ1v) is 12.7. The number of aromatic nitrogens is 2. The average molecular weight is 471 g/mol. The Hall–Kier alpha value is -2.78. The van der Waals surface area contributed by atoms with E-state index in [1.807, 2.05) is 12.1 Å². The third-order valence-electron chi connectivity index (χ3n) is 6.20. The highest BCUT2D eigenvalue weighted by atomic mass is 32.2. The van der Waals surface area contributed by atoms with Gasteiger partial charge in [-0.1, -0.05) is 0 Å². The Balaban J connectivity index is 1.58. The Kier molecular flexibility index (Phi) is 5.29. The molecule has 1 fully saturated rings. The molecule has 0 radical (unpaired) electrons. The number of rotatable bonds is 7. The van der Waals surface area contributed by atoms with E-state index >= 15 is 0 Å². The highest BCUT2D eigenvalue weighted by Gasteiger charge is 2.33. The summed E-state index contributed by atoms with van der Waals surface area (Å²) in [5.41, 5.74) is 1.36. The Morgan fingerprint density at radius 1 is 1.21 bits per heavy atom. The molecular weight excluding hydrogens is 443 g/mol. The smallest absolute Gasteiger partial charge is 0.249 e. The maximum atomic E-state index is 14.2. The van der Waals surface area contributed by atoms with Gasteiger partial charge >= 0.3 is 0 Å². The third-order valence-corrected chi connectivity index (χ3v) is 7.73. The van der Waals surface area contributed by atoms with E-state index in [0.29, 0.717) is 29.8 Å². The van der Waals surface area contributed by atoms with Gasteiger partial charge in [0.2, 0.25) is 15.6 Å². The average Bonchev–Trinajstić information content (AvgIpc) is 3.50. The van der Waals surface area contributed by atoms with Crippen molar-refractivity contribution in [1.29, 1.82) is 0 Å². The largest absolute Gasteiger partial charge is 0.381 e. The molecule has 1 unspecified atom stereocenters. The first-order valence-electron chi connectivity index (χ1n) is 11.2. The lowest BCUT2D eigenvalue weighted by Crippen LogP contribution is -2.36. The molecule has 174 valence electrons. The highest BCUT2D eigenvalue weighted by Crippen LogP contribution is 2.42. The number of hydrogen-bond acceptors (Lipinski definition) is 5. The molecule has 1 aromatic carbocycles. The molecule has 5 rings (SSSR count). The van der Waals surface area contributed by atoms with Gasteiger partial charge in [0.15, 0.2) is 0 Å². The molecule has 9 heteroatoms. The van der Waals surface area contributed by atoms with Crippen LogP contribution in [-0.2, 0) is 22.9 Å². The standard InChI is InChI=1S/C24H27FN4O3S/c1-24(2,25)13-28-33(31,32)23-19-9-18(29-17-5-6-26-22(30)10-17)8-15(19)7-16-12-27-21(11-20(16)23)14-3-4-14/h5-7,10-12,14,18,28H,3-4,8-9,13H2,1-2H3,(H2,26,29,30). The van der Waals surface area contributed by atoms with Crippen LogP contribution in [0.5, 0.6) is 0 Å². The van der Waals surface area contributed by atoms with Gasteiger partial charge < -0.3 is 10.3 Å². The van der Waals surface area contributed by atoms with Gasteiger partial charge in [-0.15, -0.1) is 0 Å². The molecule has 7 nitrogen and oxygen atoms in total. The monoisotopic (exact) mass is 470 g/mol. The quantitative estimate of drug-likeness (QED) is 0.491. The summed E-state index contributed by atoms with van der Waals surface area (Å²) in [6.45, 7) is 2.38. The van der Waals surface area contributed by atoms with Crippen LogP contribution in [0.25, 0.3) is 10.8 Å². The predicted molar refractivity (Wildman–Crippen MR) is 126 cm³/mol. The zero-order valence-corrected chi connectivity index (χ0v) is 19.4. The molecule has 0 amide bonds. The van der Waals surface area contributed by atoms with E-state index in [-0.39, 0.29) is 23.0 Å². The van der Waals surface area contributed by atoms with Gasteiger partial charge in [0, 0.05) is 59.1 Å². The summed E-state index contributed by atoms with van der Waals surface area (Å²) in [5.74, 6) is 0.376. The molecule has 3 N–H and O–H groups in total. The van der Waals surface area contributed by atoms with E-state index < -0.39 is 15.7 Å². The number of benzene rings is 1. The number of pyridine rings is 2. The molecule has 2 aliphatic rings. The van der Waals surface area contributed by atoms with Crippen LogP contribution < -0.4 is 15.6 Å². The number of fused-ring (bicyclic) bond motifs is 2. The minimum atomic E-state index is -3.97. The van der Waals surface area contributed by atoms with Crippen molar-refractivity contribution in [2.45, 2.75) is 62.1 Å². The summed E-state index contributed by atoms with van der Waals surface area (Å²) in [7, 11) is -3.97. The zero-order valence-electron chi connectivity index (χ0n) is 18.6. The van der Waals surface area contributed by atoms with E-state index in [2.05, 4.69) is 20.0 Å². The molecule has 3 aromatic rings. The Morgan fingerprint density at radius 2 is 2.00 bits per heavy atom. The topological polar surface area (TPSA) is 104 Å². The SMILES string of the molecule is CC(C)(F)CNS(=O)(=O)c1c2c(cc3cnc(C4CC4)cc13)CC(Nc1cc[nH]c(=O)c1)C2. The predicted octanol–water partition coefficient (Wildman–Crippen LogP) is 3.41. The minimum absolute atomic E-state index is 0.0685. The van der Waals surface area contributed by atoms with Crippen molar-refractivity contribution in [2.24, 2.45) is 0 Å². The molecule has 33 heavy (non-hydrogen) atoms. The van der Waals surface area contributed by atoms with Crippen LogP contribution in [0.2, 0.25) is 0 Å². The Morgan fingerprint density at radius 3 is 2.70 bits per heavy atom. The van der Waals surface area contributed by atoms with Crippen LogP contribution >= 0.6 is 0 Å². The van der Waals surface area contributed by atoms with Crippen molar-refractivity contribution in [3.8, 4) is 0 Å². The number of hydrogen-bond donors (Lipinski definition) is 3. The van der Waals surface area contributed by atoms with Crippen molar-refractivity contribution < 1.29 is 12.8 Å². The van der Waals surface area contributed by atoms with Crippen LogP contribution in [0.4, 0.5) is 10.1 Å². The molecule has 2 aromatic heterocycles. The fraction of sp³-hybridized carbons (Fsp3) is 0.417. The molecule has 0 saturated heterocycles. The lowest BCUT2D eigenvalue weighted by Gasteiger charge is -2.18. The van der Waals surface area contributed by atoms with Gasteiger partial charge in [0.05, 0.1) is 4.90 Å². The van der Waals surface area contributed by atoms with Gasteiger partial charge in [0.25, 0.3) is 0 Å². The van der Waals surface area contributed by atoms with Crippen molar-refractivity contribution in [3.63, 3.8) is 0 Å². The fourth-order valence-corrected chi connectivity index (χ4v) is 6.17. The van der Waals surface area contributed by atoms with Gasteiger partial charge in [0.1, 0.15) is 5.67 Å². The van der Waals surface area contributed by atoms with E-state index in [4.69, 9.17) is 0 Å². The Labute approximate surface area is 191 Å². The maximum Gasteiger partial charge on any atom is 0.249 e. The normalized spacial score (nSPS) is 18.5. The van der Waals surface area contributed by atoms with Crippen LogP contribution in [0.3, 0.4) is 0 Å². The van der Waals surface area contributed by atoms with E-state index in [0.717, 1.165) is 35.0 Å².